The van der Waals surface area contributed by atoms with Crippen LogP contribution in [0.5, 0.6) is 0 Å². The van der Waals surface area contributed by atoms with Crippen molar-refractivity contribution in [3.8, 4) is 5.69 Å². The van der Waals surface area contributed by atoms with Crippen molar-refractivity contribution in [1.29, 1.82) is 0 Å². The molecule has 1 aliphatic rings. The van der Waals surface area contributed by atoms with Gasteiger partial charge in [-0.15, -0.1) is 0 Å². The summed E-state index contributed by atoms with van der Waals surface area (Å²) in [7, 11) is 0. The van der Waals surface area contributed by atoms with Gasteiger partial charge in [0.15, 0.2) is 0 Å². The summed E-state index contributed by atoms with van der Waals surface area (Å²) in [5, 5.41) is 12.8. The number of hydrogen-bond donors (Lipinski definition) is 2. The number of nitrogens with one attached hydrogen (secondary N) is 1. The zero-order valence-electron chi connectivity index (χ0n) is 11.5. The average molecular weight is 256 g/mol. The van der Waals surface area contributed by atoms with Gasteiger partial charge in [-0.3, -0.25) is 0 Å². The van der Waals surface area contributed by atoms with Crippen molar-refractivity contribution in [2.75, 3.05) is 11.9 Å². The molecule has 0 radical (unpaired) electrons. The third-order valence-corrected chi connectivity index (χ3v) is 4.04. The zero-order chi connectivity index (χ0) is 13.5. The highest BCUT2D eigenvalue weighted by Gasteiger charge is 2.34. The number of fused-ring (bicyclic) bond motifs is 3. The smallest absolute Gasteiger partial charge is 0.0752 e. The molecule has 19 heavy (non-hydrogen) atoms. The first-order valence-electron chi connectivity index (χ1n) is 6.82. The summed E-state index contributed by atoms with van der Waals surface area (Å²) in [6.07, 6.45) is 3.84. The Bertz CT molecular complexity index is 603. The molecule has 1 aliphatic heterocycles. The van der Waals surface area contributed by atoms with E-state index in [0.717, 1.165) is 12.8 Å². The van der Waals surface area contributed by atoms with E-state index >= 15 is 0 Å². The molecule has 3 heteroatoms. The fraction of sp³-hybridized carbons (Fsp3) is 0.375. The summed E-state index contributed by atoms with van der Waals surface area (Å²) < 4.78 is 2.28. The monoisotopic (exact) mass is 256 g/mol. The molecule has 3 nitrogen and oxygen atoms in total. The molecule has 0 aliphatic carbocycles. The van der Waals surface area contributed by atoms with E-state index in [1.54, 1.807) is 0 Å². The van der Waals surface area contributed by atoms with E-state index in [4.69, 9.17) is 5.11 Å². The second-order valence-electron chi connectivity index (χ2n) is 5.52. The van der Waals surface area contributed by atoms with Gasteiger partial charge >= 0.3 is 0 Å². The highest BCUT2D eigenvalue weighted by Crippen LogP contribution is 2.40. The van der Waals surface area contributed by atoms with Gasteiger partial charge in [0.05, 0.1) is 16.9 Å². The Labute approximate surface area is 113 Å². The normalized spacial score (nSPS) is 20.6. The Hall–Kier alpha value is -1.74. The van der Waals surface area contributed by atoms with Gasteiger partial charge in [-0.2, -0.15) is 0 Å². The Morgan fingerprint density at radius 3 is 2.89 bits per heavy atom. The lowest BCUT2D eigenvalue weighted by molar-refractivity contribution is 0.268. The molecule has 0 amide bonds. The number of anilines is 1. The summed E-state index contributed by atoms with van der Waals surface area (Å²) >= 11 is 0. The molecule has 2 N–H and O–H groups in total. The van der Waals surface area contributed by atoms with Gasteiger partial charge in [0, 0.05) is 18.5 Å². The van der Waals surface area contributed by atoms with Crippen molar-refractivity contribution in [3.05, 3.63) is 47.8 Å². The van der Waals surface area contributed by atoms with Crippen molar-refractivity contribution in [3.63, 3.8) is 0 Å². The fourth-order valence-corrected chi connectivity index (χ4v) is 3.09. The molecule has 0 spiro atoms. The van der Waals surface area contributed by atoms with Gasteiger partial charge in [-0.25, -0.2) is 0 Å². The Morgan fingerprint density at radius 2 is 2.11 bits per heavy atom. The fourth-order valence-electron chi connectivity index (χ4n) is 3.09. The van der Waals surface area contributed by atoms with E-state index < -0.39 is 0 Å². The first-order valence-corrected chi connectivity index (χ1v) is 6.82. The van der Waals surface area contributed by atoms with Gasteiger partial charge in [0.25, 0.3) is 0 Å². The van der Waals surface area contributed by atoms with Gasteiger partial charge in [0.1, 0.15) is 0 Å². The molecule has 100 valence electrons. The van der Waals surface area contributed by atoms with Crippen LogP contribution in [0.4, 0.5) is 5.69 Å². The van der Waals surface area contributed by atoms with Crippen molar-refractivity contribution < 1.29 is 5.11 Å². The van der Waals surface area contributed by atoms with Crippen molar-refractivity contribution in [1.82, 2.24) is 4.57 Å². The van der Waals surface area contributed by atoms with Crippen LogP contribution in [0.1, 0.15) is 31.0 Å². The minimum atomic E-state index is -0.118. The van der Waals surface area contributed by atoms with E-state index in [-0.39, 0.29) is 12.1 Å². The number of aliphatic hydroxyl groups is 1. The number of nitrogens with zero attached hydrogens (tertiary/aromatic N) is 1. The third-order valence-electron chi connectivity index (χ3n) is 4.04. The third kappa shape index (κ3) is 1.85. The molecule has 1 atom stereocenters. The minimum Gasteiger partial charge on any atom is -0.396 e. The molecule has 1 aromatic carbocycles. The summed E-state index contributed by atoms with van der Waals surface area (Å²) in [5.74, 6) is 0. The number of para-hydroxylation sites is 1. The quantitative estimate of drug-likeness (QED) is 0.885. The predicted octanol–water partition coefficient (Wildman–Crippen LogP) is 3.20. The van der Waals surface area contributed by atoms with E-state index in [1.165, 1.54) is 22.6 Å². The van der Waals surface area contributed by atoms with Crippen LogP contribution in [0.15, 0.2) is 36.5 Å². The number of aliphatic hydroxyl groups excluding tert-OH is 1. The molecule has 2 aromatic rings. The van der Waals surface area contributed by atoms with Crippen molar-refractivity contribution in [2.24, 2.45) is 0 Å². The molecule has 0 fully saturated rings. The molecule has 2 heterocycles. The average Bonchev–Trinajstić information content (AvgIpc) is 2.87. The van der Waals surface area contributed by atoms with E-state index in [9.17, 15) is 0 Å². The second kappa shape index (κ2) is 4.42. The Morgan fingerprint density at radius 1 is 1.26 bits per heavy atom. The summed E-state index contributed by atoms with van der Waals surface area (Å²) in [6, 6.07) is 10.6. The maximum absolute atomic E-state index is 9.11. The molecule has 0 bridgehead atoms. The van der Waals surface area contributed by atoms with Crippen LogP contribution in [0.25, 0.3) is 5.69 Å². The standard InChI is InChI=1S/C16H20N2O/c1-12-6-3-7-13-15(12)18-10-4-8-14(18)16(2,17-13)9-5-11-19/h3-4,6-8,10,17,19H,5,9,11H2,1-2H3. The lowest BCUT2D eigenvalue weighted by Gasteiger charge is -2.39. The maximum Gasteiger partial charge on any atom is 0.0752 e. The van der Waals surface area contributed by atoms with E-state index in [0.29, 0.717) is 0 Å². The number of aryl methyl sites for hydroxylation is 1. The van der Waals surface area contributed by atoms with Crippen molar-refractivity contribution >= 4 is 5.69 Å². The van der Waals surface area contributed by atoms with E-state index in [2.05, 4.69) is 60.3 Å². The number of benzene rings is 1. The van der Waals surface area contributed by atoms with Crippen LogP contribution >= 0.6 is 0 Å². The molecule has 0 saturated carbocycles. The van der Waals surface area contributed by atoms with Gasteiger partial charge in [-0.05, 0) is 50.5 Å². The zero-order valence-corrected chi connectivity index (χ0v) is 11.5. The second-order valence-corrected chi connectivity index (χ2v) is 5.52. The summed E-state index contributed by atoms with van der Waals surface area (Å²) in [5.41, 5.74) is 4.83. The van der Waals surface area contributed by atoms with Crippen molar-refractivity contribution in [2.45, 2.75) is 32.2 Å². The summed E-state index contributed by atoms with van der Waals surface area (Å²) in [4.78, 5) is 0. The number of rotatable bonds is 3. The molecule has 3 rings (SSSR count). The SMILES string of the molecule is Cc1cccc2c1-n1cccc1C(C)(CCCO)N2. The first-order chi connectivity index (χ1) is 9.15. The van der Waals surface area contributed by atoms with Crippen LogP contribution in [0.2, 0.25) is 0 Å². The van der Waals surface area contributed by atoms with Gasteiger partial charge in [-0.1, -0.05) is 12.1 Å². The van der Waals surface area contributed by atoms with Gasteiger partial charge < -0.3 is 15.0 Å². The number of aromatic nitrogens is 1. The molecule has 0 saturated heterocycles. The predicted molar refractivity (Wildman–Crippen MR) is 77.8 cm³/mol. The van der Waals surface area contributed by atoms with E-state index in [1.807, 2.05) is 0 Å². The Kier molecular flexibility index (Phi) is 2.86. The van der Waals surface area contributed by atoms with Crippen LogP contribution in [-0.4, -0.2) is 16.3 Å². The molecular weight excluding hydrogens is 236 g/mol. The lowest BCUT2D eigenvalue weighted by atomic mass is 9.89. The topological polar surface area (TPSA) is 37.2 Å². The van der Waals surface area contributed by atoms with Crippen LogP contribution in [-0.2, 0) is 5.54 Å². The minimum absolute atomic E-state index is 0.118. The van der Waals surface area contributed by atoms with Crippen LogP contribution < -0.4 is 5.32 Å². The summed E-state index contributed by atoms with van der Waals surface area (Å²) in [6.45, 7) is 4.58. The lowest BCUT2D eigenvalue weighted by Crippen LogP contribution is -2.38. The Balaban J connectivity index is 2.13. The first kappa shape index (κ1) is 12.3. The molecule has 1 aromatic heterocycles. The highest BCUT2D eigenvalue weighted by atomic mass is 16.2. The number of hydrogen-bond acceptors (Lipinski definition) is 2. The maximum atomic E-state index is 9.11. The van der Waals surface area contributed by atoms with Crippen LogP contribution in [0, 0.1) is 6.92 Å². The van der Waals surface area contributed by atoms with Crippen LogP contribution in [0.3, 0.4) is 0 Å². The van der Waals surface area contributed by atoms with Gasteiger partial charge in [0.2, 0.25) is 0 Å². The molecule has 1 unspecified atom stereocenters. The highest BCUT2D eigenvalue weighted by molar-refractivity contribution is 5.69. The molecular formula is C16H20N2O. The largest absolute Gasteiger partial charge is 0.396 e.